The average Bonchev–Trinajstić information content (AvgIpc) is 2.39. The van der Waals surface area contributed by atoms with Crippen molar-refractivity contribution in [3.05, 3.63) is 22.2 Å². The molecule has 1 heterocycles. The zero-order valence-corrected chi connectivity index (χ0v) is 11.2. The van der Waals surface area contributed by atoms with Crippen LogP contribution in [-0.4, -0.2) is 16.5 Å². The zero-order valence-electron chi connectivity index (χ0n) is 11.2. The highest BCUT2D eigenvalue weighted by molar-refractivity contribution is 5.32. The number of rotatable bonds is 5. The first kappa shape index (κ1) is 13.1. The van der Waals surface area contributed by atoms with Crippen LogP contribution in [0.15, 0.2) is 10.9 Å². The van der Waals surface area contributed by atoms with E-state index >= 15 is 0 Å². The molecular weight excluding hydrogens is 226 g/mol. The molecule has 0 bridgehead atoms. The Labute approximate surface area is 108 Å². The fraction of sp³-hybridized carbons (Fsp3) is 0.714. The quantitative estimate of drug-likeness (QED) is 0.843. The molecule has 0 atom stereocenters. The smallest absolute Gasteiger partial charge is 0.252 e. The molecule has 0 radical (unpaired) electrons. The molecule has 1 fully saturated rings. The van der Waals surface area contributed by atoms with Gasteiger partial charge in [0, 0.05) is 19.0 Å². The van der Waals surface area contributed by atoms with Crippen molar-refractivity contribution in [3.8, 4) is 0 Å². The van der Waals surface area contributed by atoms with Crippen molar-refractivity contribution >= 4 is 5.82 Å². The first-order valence-electron chi connectivity index (χ1n) is 7.12. The Morgan fingerprint density at radius 3 is 2.89 bits per heavy atom. The molecule has 1 aromatic heterocycles. The lowest BCUT2D eigenvalue weighted by Crippen LogP contribution is -2.16. The summed E-state index contributed by atoms with van der Waals surface area (Å²) in [5.41, 5.74) is -0.0676. The van der Waals surface area contributed by atoms with E-state index < -0.39 is 0 Å². The highest BCUT2D eigenvalue weighted by Crippen LogP contribution is 2.25. The Balaban J connectivity index is 1.82. The van der Waals surface area contributed by atoms with Gasteiger partial charge in [0.15, 0.2) is 0 Å². The van der Waals surface area contributed by atoms with Crippen molar-refractivity contribution in [2.45, 2.75) is 51.9 Å². The van der Waals surface area contributed by atoms with Gasteiger partial charge in [-0.2, -0.15) is 0 Å². The number of hydrogen-bond donors (Lipinski definition) is 2. The van der Waals surface area contributed by atoms with Crippen molar-refractivity contribution in [3.63, 3.8) is 0 Å². The van der Waals surface area contributed by atoms with Crippen LogP contribution in [0.3, 0.4) is 0 Å². The van der Waals surface area contributed by atoms with Crippen LogP contribution in [0.25, 0.3) is 0 Å². The minimum atomic E-state index is -0.0676. The second-order valence-electron chi connectivity index (χ2n) is 5.15. The first-order chi connectivity index (χ1) is 8.78. The van der Waals surface area contributed by atoms with Gasteiger partial charge in [-0.25, -0.2) is 4.98 Å². The minimum absolute atomic E-state index is 0.0676. The Morgan fingerprint density at radius 2 is 2.17 bits per heavy atom. The van der Waals surface area contributed by atoms with Crippen LogP contribution in [0.2, 0.25) is 0 Å². The van der Waals surface area contributed by atoms with E-state index in [4.69, 9.17) is 0 Å². The highest BCUT2D eigenvalue weighted by atomic mass is 16.1. The maximum atomic E-state index is 11.4. The molecule has 1 aliphatic carbocycles. The Hall–Kier alpha value is -1.32. The molecule has 0 spiro atoms. The molecular formula is C14H23N3O. The summed E-state index contributed by atoms with van der Waals surface area (Å²) in [6, 6.07) is 1.54. The fourth-order valence-corrected chi connectivity index (χ4v) is 2.65. The van der Waals surface area contributed by atoms with Crippen LogP contribution in [0.4, 0.5) is 5.82 Å². The van der Waals surface area contributed by atoms with E-state index in [1.54, 1.807) is 6.07 Å². The molecule has 100 valence electrons. The van der Waals surface area contributed by atoms with Gasteiger partial charge in [-0.05, 0) is 12.3 Å². The summed E-state index contributed by atoms with van der Waals surface area (Å²) < 4.78 is 0. The number of nitrogens with one attached hydrogen (secondary N) is 2. The molecule has 4 nitrogen and oxygen atoms in total. The van der Waals surface area contributed by atoms with Gasteiger partial charge in [0.1, 0.15) is 11.6 Å². The van der Waals surface area contributed by atoms with Crippen molar-refractivity contribution < 1.29 is 0 Å². The van der Waals surface area contributed by atoms with Crippen LogP contribution >= 0.6 is 0 Å². The molecule has 0 unspecified atom stereocenters. The SMILES string of the molecule is CCc1nc(NCCC2CCCCC2)cc(=O)[nH]1. The Bertz CT molecular complexity index is 421. The van der Waals surface area contributed by atoms with Gasteiger partial charge in [0.2, 0.25) is 0 Å². The Morgan fingerprint density at radius 1 is 1.39 bits per heavy atom. The van der Waals surface area contributed by atoms with Gasteiger partial charge in [-0.3, -0.25) is 4.79 Å². The maximum absolute atomic E-state index is 11.4. The van der Waals surface area contributed by atoms with Crippen LogP contribution in [0, 0.1) is 5.92 Å². The van der Waals surface area contributed by atoms with Crippen molar-refractivity contribution in [1.29, 1.82) is 0 Å². The standard InChI is InChI=1S/C14H23N3O/c1-2-12-16-13(10-14(18)17-12)15-9-8-11-6-4-3-5-7-11/h10-11H,2-9H2,1H3,(H2,15,16,17,18). The number of anilines is 1. The summed E-state index contributed by atoms with van der Waals surface area (Å²) >= 11 is 0. The normalized spacial score (nSPS) is 16.7. The molecule has 0 saturated heterocycles. The number of hydrogen-bond acceptors (Lipinski definition) is 3. The molecule has 1 aromatic rings. The van der Waals surface area contributed by atoms with E-state index in [1.807, 2.05) is 6.92 Å². The zero-order chi connectivity index (χ0) is 12.8. The molecule has 18 heavy (non-hydrogen) atoms. The number of H-pyrrole nitrogens is 1. The van der Waals surface area contributed by atoms with E-state index in [2.05, 4.69) is 15.3 Å². The monoisotopic (exact) mass is 249 g/mol. The summed E-state index contributed by atoms with van der Waals surface area (Å²) in [7, 11) is 0. The first-order valence-corrected chi connectivity index (χ1v) is 7.12. The van der Waals surface area contributed by atoms with E-state index in [9.17, 15) is 4.79 Å². The largest absolute Gasteiger partial charge is 0.370 e. The second-order valence-corrected chi connectivity index (χ2v) is 5.15. The molecule has 1 saturated carbocycles. The summed E-state index contributed by atoms with van der Waals surface area (Å²) in [5, 5.41) is 3.28. The van der Waals surface area contributed by atoms with Crippen LogP contribution < -0.4 is 10.9 Å². The van der Waals surface area contributed by atoms with Crippen molar-refractivity contribution in [1.82, 2.24) is 9.97 Å². The lowest BCUT2D eigenvalue weighted by molar-refractivity contribution is 0.345. The lowest BCUT2D eigenvalue weighted by Gasteiger charge is -2.21. The van der Waals surface area contributed by atoms with Gasteiger partial charge < -0.3 is 10.3 Å². The fourth-order valence-electron chi connectivity index (χ4n) is 2.65. The van der Waals surface area contributed by atoms with E-state index in [1.165, 1.54) is 38.5 Å². The molecule has 0 aromatic carbocycles. The maximum Gasteiger partial charge on any atom is 0.252 e. The van der Waals surface area contributed by atoms with Gasteiger partial charge in [0.25, 0.3) is 5.56 Å². The van der Waals surface area contributed by atoms with Crippen LogP contribution in [0.1, 0.15) is 51.3 Å². The predicted molar refractivity (Wildman–Crippen MR) is 73.9 cm³/mol. The summed E-state index contributed by atoms with van der Waals surface area (Å²) in [6.07, 6.45) is 8.85. The molecule has 4 heteroatoms. The molecule has 1 aliphatic rings. The van der Waals surface area contributed by atoms with Crippen LogP contribution in [0.5, 0.6) is 0 Å². The number of nitrogens with zero attached hydrogens (tertiary/aromatic N) is 1. The molecule has 0 amide bonds. The van der Waals surface area contributed by atoms with Gasteiger partial charge in [-0.15, -0.1) is 0 Å². The highest BCUT2D eigenvalue weighted by Gasteiger charge is 2.12. The lowest BCUT2D eigenvalue weighted by atomic mass is 9.87. The van der Waals surface area contributed by atoms with Crippen molar-refractivity contribution in [2.24, 2.45) is 5.92 Å². The van der Waals surface area contributed by atoms with Gasteiger partial charge >= 0.3 is 0 Å². The number of aromatic nitrogens is 2. The summed E-state index contributed by atoms with van der Waals surface area (Å²) in [4.78, 5) is 18.5. The number of aryl methyl sites for hydroxylation is 1. The summed E-state index contributed by atoms with van der Waals surface area (Å²) in [5.74, 6) is 2.33. The van der Waals surface area contributed by atoms with Crippen molar-refractivity contribution in [2.75, 3.05) is 11.9 Å². The molecule has 0 aliphatic heterocycles. The predicted octanol–water partition coefficient (Wildman–Crippen LogP) is 2.71. The molecule has 2 N–H and O–H groups in total. The van der Waals surface area contributed by atoms with Crippen LogP contribution in [-0.2, 0) is 6.42 Å². The third-order valence-electron chi connectivity index (χ3n) is 3.71. The third-order valence-corrected chi connectivity index (χ3v) is 3.71. The summed E-state index contributed by atoms with van der Waals surface area (Å²) in [6.45, 7) is 2.91. The second kappa shape index (κ2) is 6.57. The van der Waals surface area contributed by atoms with E-state index in [-0.39, 0.29) is 5.56 Å². The third kappa shape index (κ3) is 3.86. The average molecular weight is 249 g/mol. The van der Waals surface area contributed by atoms with Gasteiger partial charge in [0.05, 0.1) is 0 Å². The molecule has 2 rings (SSSR count). The Kier molecular flexibility index (Phi) is 4.79. The van der Waals surface area contributed by atoms with E-state index in [0.29, 0.717) is 5.82 Å². The van der Waals surface area contributed by atoms with E-state index in [0.717, 1.165) is 24.7 Å². The number of aromatic amines is 1. The van der Waals surface area contributed by atoms with Gasteiger partial charge in [-0.1, -0.05) is 39.0 Å². The minimum Gasteiger partial charge on any atom is -0.370 e. The topological polar surface area (TPSA) is 57.8 Å².